The summed E-state index contributed by atoms with van der Waals surface area (Å²) in [7, 11) is 3.68. The van der Waals surface area contributed by atoms with Gasteiger partial charge >= 0.3 is 0 Å². The van der Waals surface area contributed by atoms with E-state index < -0.39 is 0 Å². The molecule has 1 rings (SSSR count). The highest BCUT2D eigenvalue weighted by Crippen LogP contribution is 2.28. The maximum atomic E-state index is 5.34. The Bertz CT molecular complexity index is 315. The summed E-state index contributed by atoms with van der Waals surface area (Å²) in [6.07, 6.45) is 5.91. The minimum absolute atomic E-state index is 0.341. The van der Waals surface area contributed by atoms with E-state index in [0.29, 0.717) is 12.0 Å². The molecule has 2 unspecified atom stereocenters. The van der Waals surface area contributed by atoms with E-state index in [4.69, 9.17) is 4.74 Å². The molecule has 0 aromatic carbocycles. The monoisotopic (exact) mass is 222 g/mol. The minimum Gasteiger partial charge on any atom is -0.495 e. The van der Waals surface area contributed by atoms with E-state index in [0.717, 1.165) is 12.2 Å². The van der Waals surface area contributed by atoms with Gasteiger partial charge in [-0.15, -0.1) is 0 Å². The van der Waals surface area contributed by atoms with E-state index in [1.807, 2.05) is 19.3 Å². The molecule has 0 spiro atoms. The zero-order valence-electron chi connectivity index (χ0n) is 10.7. The van der Waals surface area contributed by atoms with Gasteiger partial charge in [0.15, 0.2) is 0 Å². The second kappa shape index (κ2) is 6.48. The molecular formula is C13H22N2O. The molecule has 1 aromatic heterocycles. The van der Waals surface area contributed by atoms with Crippen molar-refractivity contribution in [3.8, 4) is 5.75 Å². The molecule has 1 N–H and O–H groups in total. The Morgan fingerprint density at radius 3 is 2.81 bits per heavy atom. The Kier molecular flexibility index (Phi) is 5.26. The lowest BCUT2D eigenvalue weighted by Gasteiger charge is -2.21. The SMILES string of the molecule is CCC(C)CC(NC)c1ccncc1OC. The summed E-state index contributed by atoms with van der Waals surface area (Å²) in [6.45, 7) is 4.50. The molecular weight excluding hydrogens is 200 g/mol. The first-order valence-electron chi connectivity index (χ1n) is 5.88. The highest BCUT2D eigenvalue weighted by molar-refractivity contribution is 5.32. The molecule has 1 aromatic rings. The predicted molar refractivity (Wildman–Crippen MR) is 66.7 cm³/mol. The highest BCUT2D eigenvalue weighted by atomic mass is 16.5. The third-order valence-corrected chi connectivity index (χ3v) is 3.10. The van der Waals surface area contributed by atoms with Crippen molar-refractivity contribution >= 4 is 0 Å². The van der Waals surface area contributed by atoms with Gasteiger partial charge in [-0.1, -0.05) is 20.3 Å². The van der Waals surface area contributed by atoms with Crippen molar-refractivity contribution in [2.24, 2.45) is 5.92 Å². The topological polar surface area (TPSA) is 34.2 Å². The van der Waals surface area contributed by atoms with Crippen LogP contribution in [0.4, 0.5) is 0 Å². The number of rotatable bonds is 6. The van der Waals surface area contributed by atoms with Gasteiger partial charge < -0.3 is 10.1 Å². The Morgan fingerprint density at radius 2 is 2.25 bits per heavy atom. The maximum Gasteiger partial charge on any atom is 0.141 e. The van der Waals surface area contributed by atoms with Crippen molar-refractivity contribution in [3.63, 3.8) is 0 Å². The van der Waals surface area contributed by atoms with Crippen molar-refractivity contribution in [1.82, 2.24) is 10.3 Å². The van der Waals surface area contributed by atoms with Crippen LogP contribution < -0.4 is 10.1 Å². The average molecular weight is 222 g/mol. The van der Waals surface area contributed by atoms with Gasteiger partial charge in [0.1, 0.15) is 5.75 Å². The Labute approximate surface area is 98.2 Å². The molecule has 2 atom stereocenters. The molecule has 3 nitrogen and oxygen atoms in total. The summed E-state index contributed by atoms with van der Waals surface area (Å²) in [5.74, 6) is 1.57. The van der Waals surface area contributed by atoms with Crippen LogP contribution in [0.3, 0.4) is 0 Å². The minimum atomic E-state index is 0.341. The standard InChI is InChI=1S/C13H22N2O/c1-5-10(2)8-12(14-3)11-6-7-15-9-13(11)16-4/h6-7,9-10,12,14H,5,8H2,1-4H3. The molecule has 90 valence electrons. The lowest BCUT2D eigenvalue weighted by molar-refractivity contribution is 0.379. The number of aromatic nitrogens is 1. The van der Waals surface area contributed by atoms with Crippen LogP contribution in [-0.2, 0) is 0 Å². The van der Waals surface area contributed by atoms with E-state index in [1.54, 1.807) is 13.3 Å². The number of methoxy groups -OCH3 is 1. The molecule has 0 fully saturated rings. The number of hydrogen-bond donors (Lipinski definition) is 1. The number of nitrogens with zero attached hydrogens (tertiary/aromatic N) is 1. The summed E-state index contributed by atoms with van der Waals surface area (Å²) in [4.78, 5) is 4.08. The van der Waals surface area contributed by atoms with Gasteiger partial charge in [-0.3, -0.25) is 4.98 Å². The first-order chi connectivity index (χ1) is 7.72. The van der Waals surface area contributed by atoms with Crippen molar-refractivity contribution < 1.29 is 4.74 Å². The van der Waals surface area contributed by atoms with Crippen molar-refractivity contribution in [2.75, 3.05) is 14.2 Å². The normalized spacial score (nSPS) is 14.5. The number of pyridine rings is 1. The summed E-state index contributed by atoms with van der Waals surface area (Å²) in [6, 6.07) is 2.37. The molecule has 0 aliphatic heterocycles. The van der Waals surface area contributed by atoms with Crippen LogP contribution in [0, 0.1) is 5.92 Å². The Morgan fingerprint density at radius 1 is 1.50 bits per heavy atom. The smallest absolute Gasteiger partial charge is 0.141 e. The van der Waals surface area contributed by atoms with Gasteiger partial charge in [-0.25, -0.2) is 0 Å². The van der Waals surface area contributed by atoms with Crippen LogP contribution in [0.1, 0.15) is 38.3 Å². The lowest BCUT2D eigenvalue weighted by atomic mass is 9.94. The maximum absolute atomic E-state index is 5.34. The van der Waals surface area contributed by atoms with Gasteiger partial charge in [0.05, 0.1) is 13.3 Å². The molecule has 0 amide bonds. The molecule has 0 aliphatic carbocycles. The molecule has 16 heavy (non-hydrogen) atoms. The van der Waals surface area contributed by atoms with Gasteiger partial charge in [0, 0.05) is 17.8 Å². The van der Waals surface area contributed by atoms with Crippen molar-refractivity contribution in [2.45, 2.75) is 32.7 Å². The Balaban J connectivity index is 2.85. The largest absolute Gasteiger partial charge is 0.495 e. The zero-order valence-corrected chi connectivity index (χ0v) is 10.7. The van der Waals surface area contributed by atoms with E-state index in [9.17, 15) is 0 Å². The molecule has 0 saturated carbocycles. The third-order valence-electron chi connectivity index (χ3n) is 3.10. The molecule has 0 bridgehead atoms. The summed E-state index contributed by atoms with van der Waals surface area (Å²) in [5, 5.41) is 3.35. The predicted octanol–water partition coefficient (Wildman–Crippen LogP) is 2.79. The summed E-state index contributed by atoms with van der Waals surface area (Å²) >= 11 is 0. The number of ether oxygens (including phenoxy) is 1. The first-order valence-corrected chi connectivity index (χ1v) is 5.88. The lowest BCUT2D eigenvalue weighted by Crippen LogP contribution is -2.19. The summed E-state index contributed by atoms with van der Waals surface area (Å²) in [5.41, 5.74) is 1.19. The fraction of sp³-hybridized carbons (Fsp3) is 0.615. The first kappa shape index (κ1) is 13.0. The van der Waals surface area contributed by atoms with E-state index in [2.05, 4.69) is 24.1 Å². The van der Waals surface area contributed by atoms with Gasteiger partial charge in [-0.05, 0) is 25.5 Å². The quantitative estimate of drug-likeness (QED) is 0.803. The Hall–Kier alpha value is -1.09. The second-order valence-corrected chi connectivity index (χ2v) is 4.21. The zero-order chi connectivity index (χ0) is 12.0. The molecule has 1 heterocycles. The fourth-order valence-electron chi connectivity index (χ4n) is 1.82. The summed E-state index contributed by atoms with van der Waals surface area (Å²) < 4.78 is 5.34. The average Bonchev–Trinajstić information content (AvgIpc) is 2.35. The third kappa shape index (κ3) is 3.20. The fourth-order valence-corrected chi connectivity index (χ4v) is 1.82. The second-order valence-electron chi connectivity index (χ2n) is 4.21. The van der Waals surface area contributed by atoms with Crippen LogP contribution in [-0.4, -0.2) is 19.1 Å². The van der Waals surface area contributed by atoms with E-state index >= 15 is 0 Å². The van der Waals surface area contributed by atoms with E-state index in [-0.39, 0.29) is 0 Å². The van der Waals surface area contributed by atoms with Gasteiger partial charge in [-0.2, -0.15) is 0 Å². The molecule has 0 saturated heterocycles. The van der Waals surface area contributed by atoms with Crippen LogP contribution in [0.25, 0.3) is 0 Å². The van der Waals surface area contributed by atoms with Crippen LogP contribution in [0.2, 0.25) is 0 Å². The number of hydrogen-bond acceptors (Lipinski definition) is 3. The van der Waals surface area contributed by atoms with Crippen molar-refractivity contribution in [3.05, 3.63) is 24.0 Å². The van der Waals surface area contributed by atoms with Gasteiger partial charge in [0.25, 0.3) is 0 Å². The number of nitrogens with one attached hydrogen (secondary N) is 1. The molecule has 3 heteroatoms. The van der Waals surface area contributed by atoms with Gasteiger partial charge in [0.2, 0.25) is 0 Å². The van der Waals surface area contributed by atoms with Crippen LogP contribution in [0.5, 0.6) is 5.75 Å². The van der Waals surface area contributed by atoms with Crippen LogP contribution >= 0.6 is 0 Å². The molecule has 0 radical (unpaired) electrons. The van der Waals surface area contributed by atoms with Crippen molar-refractivity contribution in [1.29, 1.82) is 0 Å². The van der Waals surface area contributed by atoms with Crippen LogP contribution in [0.15, 0.2) is 18.5 Å². The molecule has 0 aliphatic rings. The van der Waals surface area contributed by atoms with E-state index in [1.165, 1.54) is 12.0 Å². The highest BCUT2D eigenvalue weighted by Gasteiger charge is 2.16.